The highest BCUT2D eigenvalue weighted by atomic mass is 35.5. The van der Waals surface area contributed by atoms with Crippen molar-refractivity contribution in [2.24, 2.45) is 5.92 Å². The molecule has 0 aromatic heterocycles. The van der Waals surface area contributed by atoms with E-state index in [0.29, 0.717) is 5.02 Å². The zero-order valence-corrected chi connectivity index (χ0v) is 21.1. The molecule has 0 fully saturated rings. The Balaban J connectivity index is 2.29. The Kier molecular flexibility index (Phi) is 8.81. The second-order valence-electron chi connectivity index (χ2n) is 8.15. The van der Waals surface area contributed by atoms with Gasteiger partial charge in [0.2, 0.25) is 0 Å². The van der Waals surface area contributed by atoms with Gasteiger partial charge in [0, 0.05) is 34.0 Å². The number of rotatable bonds is 7. The molecule has 0 amide bonds. The average Bonchev–Trinajstić information content (AvgIpc) is 2.83. The summed E-state index contributed by atoms with van der Waals surface area (Å²) < 4.78 is 52.6. The minimum Gasteiger partial charge on any atom is -0.465 e. The molecule has 1 N–H and O–H groups in total. The van der Waals surface area contributed by atoms with Crippen molar-refractivity contribution >= 4 is 29.3 Å². The van der Waals surface area contributed by atoms with E-state index in [4.69, 9.17) is 21.1 Å². The molecule has 0 aliphatic carbocycles. The molecule has 2 aromatic rings. The first-order valence-electron chi connectivity index (χ1n) is 11.5. The van der Waals surface area contributed by atoms with Gasteiger partial charge in [0.25, 0.3) is 0 Å². The Hall–Kier alpha value is -3.59. The van der Waals surface area contributed by atoms with Crippen LogP contribution < -0.4 is 5.32 Å². The molecule has 3 rings (SSSR count). The van der Waals surface area contributed by atoms with Gasteiger partial charge in [-0.1, -0.05) is 29.8 Å². The van der Waals surface area contributed by atoms with Crippen molar-refractivity contribution < 1.29 is 37.0 Å². The third-order valence-electron chi connectivity index (χ3n) is 5.77. The summed E-state index contributed by atoms with van der Waals surface area (Å²) in [7, 11) is 0. The lowest BCUT2D eigenvalue weighted by atomic mass is 9.73. The number of hydrogen-bond donors (Lipinski definition) is 1. The van der Waals surface area contributed by atoms with Crippen LogP contribution in [-0.4, -0.2) is 30.9 Å². The normalized spacial score (nSPS) is 18.8. The summed E-state index contributed by atoms with van der Waals surface area (Å²) in [5.41, 5.74) is -1.11. The maximum atomic E-state index is 14.1. The number of carbonyl (C=O) groups excluding carboxylic acids is 3. The van der Waals surface area contributed by atoms with Gasteiger partial charge in [0.15, 0.2) is 5.78 Å². The highest BCUT2D eigenvalue weighted by Gasteiger charge is 2.47. The molecular weight excluding hydrogens is 511 g/mol. The fraction of sp³-hybridized carbons (Fsp3) is 0.296. The summed E-state index contributed by atoms with van der Waals surface area (Å²) in [6, 6.07) is 10.7. The molecule has 0 radical (unpaired) electrons. The Morgan fingerprint density at radius 2 is 1.62 bits per heavy atom. The van der Waals surface area contributed by atoms with Crippen molar-refractivity contribution in [3.63, 3.8) is 0 Å². The summed E-state index contributed by atoms with van der Waals surface area (Å²) >= 11 is 5.89. The molecule has 0 spiro atoms. The molecule has 0 saturated heterocycles. The van der Waals surface area contributed by atoms with Crippen molar-refractivity contribution in [2.75, 3.05) is 13.2 Å². The zero-order chi connectivity index (χ0) is 27.3. The Morgan fingerprint density at radius 1 is 1.00 bits per heavy atom. The van der Waals surface area contributed by atoms with E-state index in [2.05, 4.69) is 5.32 Å². The van der Waals surface area contributed by atoms with Crippen molar-refractivity contribution in [3.05, 3.63) is 93.3 Å². The number of benzene rings is 2. The van der Waals surface area contributed by atoms with Crippen LogP contribution in [0.15, 0.2) is 71.6 Å². The standard InChI is InChI=1S/C27H25ClF3NO5/c1-4-36-25(34)22-15(3)32-20(14-21(33)16-10-12-17(28)13-11-16)24(26(35)37-5-2)23(22)18-8-6-7-9-19(18)27(29,30)31/h6-14,23-24,32H,4-5H2,1-3H3/b20-14-/t23-,24-/m0/s1. The van der Waals surface area contributed by atoms with E-state index in [1.54, 1.807) is 13.8 Å². The molecular formula is C27H25ClF3NO5. The molecule has 1 heterocycles. The fourth-order valence-electron chi connectivity index (χ4n) is 4.25. The molecule has 1 aliphatic rings. The molecule has 0 bridgehead atoms. The van der Waals surface area contributed by atoms with E-state index in [1.807, 2.05) is 0 Å². The van der Waals surface area contributed by atoms with Crippen LogP contribution in [0.3, 0.4) is 0 Å². The second kappa shape index (κ2) is 11.6. The Labute approximate surface area is 217 Å². The van der Waals surface area contributed by atoms with Gasteiger partial charge in [-0.15, -0.1) is 0 Å². The summed E-state index contributed by atoms with van der Waals surface area (Å²) in [4.78, 5) is 39.3. The summed E-state index contributed by atoms with van der Waals surface area (Å²) in [6.07, 6.45) is -3.66. The third-order valence-corrected chi connectivity index (χ3v) is 6.02. The van der Waals surface area contributed by atoms with Crippen LogP contribution in [0.1, 0.15) is 48.2 Å². The van der Waals surface area contributed by atoms with Gasteiger partial charge in [-0.25, -0.2) is 4.79 Å². The lowest BCUT2D eigenvalue weighted by molar-refractivity contribution is -0.149. The molecule has 1 aliphatic heterocycles. The first-order valence-corrected chi connectivity index (χ1v) is 11.9. The average molecular weight is 536 g/mol. The molecule has 10 heteroatoms. The van der Waals surface area contributed by atoms with Gasteiger partial charge in [0.05, 0.1) is 24.4 Å². The number of ether oxygens (including phenoxy) is 2. The van der Waals surface area contributed by atoms with Gasteiger partial charge in [-0.3, -0.25) is 9.59 Å². The monoisotopic (exact) mass is 535 g/mol. The molecule has 37 heavy (non-hydrogen) atoms. The molecule has 0 unspecified atom stereocenters. The maximum Gasteiger partial charge on any atom is 0.416 e. The first-order chi connectivity index (χ1) is 17.5. The SMILES string of the molecule is CCOC(=O)C1=C(C)N/C(=C\C(=O)c2ccc(Cl)cc2)[C@H](C(=O)OCC)[C@H]1c1ccccc1C(F)(F)F. The molecule has 196 valence electrons. The van der Waals surface area contributed by atoms with E-state index >= 15 is 0 Å². The first kappa shape index (κ1) is 28.0. The van der Waals surface area contributed by atoms with E-state index in [0.717, 1.165) is 12.1 Å². The molecule has 2 aromatic carbocycles. The number of hydrogen-bond acceptors (Lipinski definition) is 6. The lowest BCUT2D eigenvalue weighted by Gasteiger charge is -2.36. The van der Waals surface area contributed by atoms with Crippen LogP contribution >= 0.6 is 11.6 Å². The smallest absolute Gasteiger partial charge is 0.416 e. The highest BCUT2D eigenvalue weighted by molar-refractivity contribution is 6.30. The number of nitrogens with one attached hydrogen (secondary N) is 1. The maximum absolute atomic E-state index is 14.1. The summed E-state index contributed by atoms with van der Waals surface area (Å²) in [6.45, 7) is 4.46. The van der Waals surface area contributed by atoms with Crippen molar-refractivity contribution in [1.82, 2.24) is 5.32 Å². The van der Waals surface area contributed by atoms with Crippen LogP contribution in [0.2, 0.25) is 5.02 Å². The van der Waals surface area contributed by atoms with E-state index in [1.165, 1.54) is 49.4 Å². The summed E-state index contributed by atoms with van der Waals surface area (Å²) in [5, 5.41) is 3.28. The van der Waals surface area contributed by atoms with Crippen LogP contribution in [-0.2, 0) is 25.2 Å². The lowest BCUT2D eigenvalue weighted by Crippen LogP contribution is -2.41. The second-order valence-corrected chi connectivity index (χ2v) is 8.58. The van der Waals surface area contributed by atoms with E-state index in [9.17, 15) is 27.6 Å². The van der Waals surface area contributed by atoms with Crippen molar-refractivity contribution in [2.45, 2.75) is 32.9 Å². The fourth-order valence-corrected chi connectivity index (χ4v) is 4.38. The topological polar surface area (TPSA) is 81.7 Å². The largest absolute Gasteiger partial charge is 0.465 e. The van der Waals surface area contributed by atoms with E-state index in [-0.39, 0.29) is 41.3 Å². The zero-order valence-electron chi connectivity index (χ0n) is 20.3. The number of allylic oxidation sites excluding steroid dienone is 2. The minimum absolute atomic E-state index is 0.00840. The molecule has 0 saturated carbocycles. The predicted octanol–water partition coefficient (Wildman–Crippen LogP) is 5.83. The number of ketones is 1. The summed E-state index contributed by atoms with van der Waals surface area (Å²) in [5.74, 6) is -5.22. The van der Waals surface area contributed by atoms with Crippen molar-refractivity contribution in [3.8, 4) is 0 Å². The highest BCUT2D eigenvalue weighted by Crippen LogP contribution is 2.46. The number of esters is 2. The van der Waals surface area contributed by atoms with Gasteiger partial charge in [0.1, 0.15) is 5.92 Å². The van der Waals surface area contributed by atoms with Gasteiger partial charge in [-0.05, 0) is 56.7 Å². The van der Waals surface area contributed by atoms with Crippen LogP contribution in [0.4, 0.5) is 13.2 Å². The minimum atomic E-state index is -4.78. The van der Waals surface area contributed by atoms with Gasteiger partial charge < -0.3 is 14.8 Å². The number of alkyl halides is 3. The van der Waals surface area contributed by atoms with E-state index < -0.39 is 41.3 Å². The van der Waals surface area contributed by atoms with Crippen LogP contribution in [0.25, 0.3) is 0 Å². The molecule has 2 atom stereocenters. The predicted molar refractivity (Wildman–Crippen MR) is 131 cm³/mol. The quantitative estimate of drug-likeness (QED) is 0.273. The number of halogens is 4. The molecule has 6 nitrogen and oxygen atoms in total. The van der Waals surface area contributed by atoms with Crippen molar-refractivity contribution in [1.29, 1.82) is 0 Å². The van der Waals surface area contributed by atoms with Crippen LogP contribution in [0, 0.1) is 5.92 Å². The Morgan fingerprint density at radius 3 is 2.22 bits per heavy atom. The number of carbonyl (C=O) groups is 3. The third kappa shape index (κ3) is 6.22. The van der Waals surface area contributed by atoms with Gasteiger partial charge >= 0.3 is 18.1 Å². The Bertz CT molecular complexity index is 1250. The van der Waals surface area contributed by atoms with Crippen LogP contribution in [0.5, 0.6) is 0 Å². The van der Waals surface area contributed by atoms with Gasteiger partial charge in [-0.2, -0.15) is 13.2 Å².